The van der Waals surface area contributed by atoms with Crippen LogP contribution in [-0.2, 0) is 4.12 Å². The molecule has 0 rings (SSSR count). The Morgan fingerprint density at radius 3 is 2.50 bits per heavy atom. The molecule has 1 nitrogen and oxygen atoms in total. The second-order valence-electron chi connectivity index (χ2n) is 1.18. The first-order valence-electron chi connectivity index (χ1n) is 1.96. The summed E-state index contributed by atoms with van der Waals surface area (Å²) in [5, 5.41) is 0. The van der Waals surface area contributed by atoms with E-state index in [-0.39, 0.29) is 0 Å². The lowest BCUT2D eigenvalue weighted by Crippen LogP contribution is -2.05. The van der Waals surface area contributed by atoms with Crippen LogP contribution in [0.1, 0.15) is 0 Å². The number of rotatable bonds is 2. The highest BCUT2D eigenvalue weighted by molar-refractivity contribution is 6.59. The molecule has 0 N–H and O–H groups in total. The molecule has 0 aliphatic rings. The van der Waals surface area contributed by atoms with Gasteiger partial charge in [-0.05, 0) is 6.55 Å². The van der Waals surface area contributed by atoms with Crippen LogP contribution in [0.5, 0.6) is 0 Å². The summed E-state index contributed by atoms with van der Waals surface area (Å²) in [5.74, 6) is 0. The van der Waals surface area contributed by atoms with Gasteiger partial charge in [-0.15, -0.1) is 6.58 Å². The second kappa shape index (κ2) is 3.33. The summed E-state index contributed by atoms with van der Waals surface area (Å²) >= 11 is 0. The highest BCUT2D eigenvalue weighted by Gasteiger charge is 1.87. The van der Waals surface area contributed by atoms with Crippen molar-refractivity contribution in [3.8, 4) is 0 Å². The lowest BCUT2D eigenvalue weighted by atomic mass is 11.3. The van der Waals surface area contributed by atoms with E-state index in [0.29, 0.717) is 0 Å². The molecule has 0 bridgehead atoms. The van der Waals surface area contributed by atoms with Crippen LogP contribution in [0.25, 0.3) is 0 Å². The van der Waals surface area contributed by atoms with Gasteiger partial charge in [0.05, 0.1) is 0 Å². The maximum absolute atomic E-state index is 5.06. The normalized spacial score (nSPS) is 14.2. The molecule has 0 aliphatic heterocycles. The minimum Gasteiger partial charge on any atom is -0.463 e. The third kappa shape index (κ3) is 2.38. The first-order chi connectivity index (χ1) is 2.81. The van der Waals surface area contributed by atoms with Crippen molar-refractivity contribution >= 4 is 19.5 Å². The summed E-state index contributed by atoms with van der Waals surface area (Å²) in [6.45, 7) is 5.70. The molecule has 0 aromatic carbocycles. The molecular formula is C3H10OSi2. The lowest BCUT2D eigenvalue weighted by molar-refractivity contribution is 0.653. The third-order valence-electron chi connectivity index (χ3n) is 0.704. The predicted octanol–water partition coefficient (Wildman–Crippen LogP) is -0.638. The van der Waals surface area contributed by atoms with Gasteiger partial charge in [0.15, 0.2) is 9.04 Å². The summed E-state index contributed by atoms with van der Waals surface area (Å²) < 4.78 is 5.06. The van der Waals surface area contributed by atoms with Crippen molar-refractivity contribution < 1.29 is 4.12 Å². The fourth-order valence-electron chi connectivity index (χ4n) is 0.0962. The molecule has 6 heavy (non-hydrogen) atoms. The van der Waals surface area contributed by atoms with Crippen LogP contribution in [0.2, 0.25) is 6.55 Å². The average Bonchev–Trinajstić information content (AvgIpc) is 1.65. The van der Waals surface area contributed by atoms with Crippen molar-refractivity contribution in [2.24, 2.45) is 0 Å². The van der Waals surface area contributed by atoms with E-state index in [0.717, 1.165) is 10.5 Å². The molecule has 0 saturated carbocycles. The van der Waals surface area contributed by atoms with Crippen molar-refractivity contribution in [3.63, 3.8) is 0 Å². The maximum atomic E-state index is 5.06. The zero-order chi connectivity index (χ0) is 4.99. The van der Waals surface area contributed by atoms with E-state index in [9.17, 15) is 0 Å². The van der Waals surface area contributed by atoms with Crippen LogP contribution >= 0.6 is 0 Å². The molecular weight excluding hydrogens is 108 g/mol. The molecule has 1 unspecified atom stereocenters. The Morgan fingerprint density at radius 2 is 2.50 bits per heavy atom. The van der Waals surface area contributed by atoms with E-state index in [2.05, 4.69) is 13.1 Å². The summed E-state index contributed by atoms with van der Waals surface area (Å²) in [4.78, 5) is 0. The number of hydrogen-bond acceptors (Lipinski definition) is 1. The molecule has 0 aliphatic carbocycles. The van der Waals surface area contributed by atoms with Gasteiger partial charge in [0.25, 0.3) is 0 Å². The van der Waals surface area contributed by atoms with Gasteiger partial charge in [-0.3, -0.25) is 0 Å². The zero-order valence-electron chi connectivity index (χ0n) is 4.27. The molecule has 0 aromatic heterocycles. The Balaban J connectivity index is 2.96. The van der Waals surface area contributed by atoms with Crippen LogP contribution in [0.4, 0.5) is 0 Å². The molecule has 3 heteroatoms. The van der Waals surface area contributed by atoms with Crippen molar-refractivity contribution in [2.45, 2.75) is 6.55 Å². The fourth-order valence-corrected chi connectivity index (χ4v) is 0.866. The SMILES string of the molecule is C=C[SiH](C)O[SiH3]. The Morgan fingerprint density at radius 1 is 2.00 bits per heavy atom. The van der Waals surface area contributed by atoms with Crippen molar-refractivity contribution in [3.05, 3.63) is 12.3 Å². The monoisotopic (exact) mass is 118 g/mol. The van der Waals surface area contributed by atoms with Gasteiger partial charge in [-0.1, -0.05) is 5.70 Å². The summed E-state index contributed by atoms with van der Waals surface area (Å²) in [6.07, 6.45) is 0. The molecule has 0 spiro atoms. The summed E-state index contributed by atoms with van der Waals surface area (Å²) in [6, 6.07) is 0. The van der Waals surface area contributed by atoms with Crippen LogP contribution in [0.15, 0.2) is 12.3 Å². The van der Waals surface area contributed by atoms with E-state index in [1.54, 1.807) is 0 Å². The van der Waals surface area contributed by atoms with E-state index in [1.807, 2.05) is 5.70 Å². The molecule has 0 radical (unpaired) electrons. The standard InChI is InChI=1S/C3H10OSi2/c1-3-6(2)4-5/h3,6H,1H2,2,5H3. The van der Waals surface area contributed by atoms with Gasteiger partial charge in [0.1, 0.15) is 10.5 Å². The van der Waals surface area contributed by atoms with Crippen LogP contribution in [-0.4, -0.2) is 19.5 Å². The van der Waals surface area contributed by atoms with Gasteiger partial charge >= 0.3 is 0 Å². The maximum Gasteiger partial charge on any atom is 0.183 e. The quantitative estimate of drug-likeness (QED) is 0.438. The molecule has 0 fully saturated rings. The largest absolute Gasteiger partial charge is 0.463 e. The van der Waals surface area contributed by atoms with Crippen molar-refractivity contribution in [2.75, 3.05) is 0 Å². The molecule has 0 heterocycles. The zero-order valence-corrected chi connectivity index (χ0v) is 7.42. The van der Waals surface area contributed by atoms with Gasteiger partial charge in [0, 0.05) is 0 Å². The molecule has 0 amide bonds. The van der Waals surface area contributed by atoms with E-state index >= 15 is 0 Å². The fraction of sp³-hybridized carbons (Fsp3) is 0.333. The Kier molecular flexibility index (Phi) is 3.40. The Labute approximate surface area is 43.3 Å². The van der Waals surface area contributed by atoms with E-state index in [4.69, 9.17) is 4.12 Å². The van der Waals surface area contributed by atoms with E-state index in [1.165, 1.54) is 0 Å². The van der Waals surface area contributed by atoms with E-state index < -0.39 is 9.04 Å². The molecule has 0 aromatic rings. The first-order valence-corrected chi connectivity index (χ1v) is 5.07. The number of hydrogen-bond donors (Lipinski definition) is 0. The highest BCUT2D eigenvalue weighted by Crippen LogP contribution is 1.77. The van der Waals surface area contributed by atoms with Gasteiger partial charge in [-0.25, -0.2) is 0 Å². The Bertz CT molecular complexity index is 46.1. The van der Waals surface area contributed by atoms with Gasteiger partial charge < -0.3 is 4.12 Å². The van der Waals surface area contributed by atoms with Crippen LogP contribution in [0.3, 0.4) is 0 Å². The average molecular weight is 118 g/mol. The van der Waals surface area contributed by atoms with Crippen LogP contribution in [0, 0.1) is 0 Å². The van der Waals surface area contributed by atoms with Crippen molar-refractivity contribution in [1.82, 2.24) is 0 Å². The van der Waals surface area contributed by atoms with Crippen molar-refractivity contribution in [1.29, 1.82) is 0 Å². The second-order valence-corrected chi connectivity index (χ2v) is 4.94. The van der Waals surface area contributed by atoms with Crippen LogP contribution < -0.4 is 0 Å². The smallest absolute Gasteiger partial charge is 0.183 e. The summed E-state index contributed by atoms with van der Waals surface area (Å²) in [5.41, 5.74) is 1.92. The molecule has 1 atom stereocenters. The topological polar surface area (TPSA) is 9.23 Å². The minimum absolute atomic E-state index is 0.835. The first kappa shape index (κ1) is 6.13. The van der Waals surface area contributed by atoms with Gasteiger partial charge in [-0.2, -0.15) is 0 Å². The molecule has 36 valence electrons. The third-order valence-corrected chi connectivity index (χ3v) is 4.34. The van der Waals surface area contributed by atoms with Gasteiger partial charge in [0.2, 0.25) is 0 Å². The lowest BCUT2D eigenvalue weighted by Gasteiger charge is -1.95. The highest BCUT2D eigenvalue weighted by atomic mass is 28.3. The molecule has 0 saturated heterocycles. The summed E-state index contributed by atoms with van der Waals surface area (Å²) in [7, 11) is 0.0381. The predicted molar refractivity (Wildman–Crippen MR) is 34.2 cm³/mol. The minimum atomic E-state index is -0.835. The Hall–Kier alpha value is 0.134.